The number of allylic oxidation sites excluding steroid dienone is 4. The molecule has 1 nitrogen and oxygen atoms in total. The van der Waals surface area contributed by atoms with Crippen LogP contribution in [-0.4, -0.2) is 24.5 Å². The summed E-state index contributed by atoms with van der Waals surface area (Å²) in [4.78, 5) is 2.44. The molecule has 0 saturated heterocycles. The molecule has 0 unspecified atom stereocenters. The SMILES string of the molecule is Cl.Cl.[C-]1=CC=CC1.[CH2-]CN(CCCC)CCCC.[CH3-].[CH3-].[CH3-].[CH3-].[Ti]. The Morgan fingerprint density at radius 2 is 1.39 bits per heavy atom. The fraction of sp³-hybridized carbons (Fsp3) is 0.526. The number of unbranched alkanes of at least 4 members (excludes halogenated alkanes) is 2. The molecular formula is C19H41Cl2NTi-6. The fourth-order valence-corrected chi connectivity index (χ4v) is 1.44. The molecule has 0 fully saturated rings. The number of halogens is 2. The number of hydrogen-bond donors (Lipinski definition) is 0. The molecular weight excluding hydrogens is 361 g/mol. The van der Waals surface area contributed by atoms with Gasteiger partial charge in [0.2, 0.25) is 0 Å². The molecule has 0 heterocycles. The van der Waals surface area contributed by atoms with Crippen molar-refractivity contribution in [1.29, 1.82) is 0 Å². The van der Waals surface area contributed by atoms with E-state index in [2.05, 4.69) is 37.8 Å². The molecule has 0 aromatic carbocycles. The molecule has 0 radical (unpaired) electrons. The van der Waals surface area contributed by atoms with Gasteiger partial charge in [-0.15, -0.1) is 37.8 Å². The largest absolute Gasteiger partial charge is 0.358 e. The first kappa shape index (κ1) is 49.6. The van der Waals surface area contributed by atoms with Gasteiger partial charge >= 0.3 is 0 Å². The third kappa shape index (κ3) is 39.5. The Balaban J connectivity index is -0.0000000278. The summed E-state index contributed by atoms with van der Waals surface area (Å²) in [5.74, 6) is 0. The molecule has 0 bridgehead atoms. The first-order chi connectivity index (χ1) is 7.85. The van der Waals surface area contributed by atoms with Gasteiger partial charge in [-0.2, -0.15) is 6.08 Å². The molecule has 0 aromatic rings. The Bertz CT molecular complexity index is 180. The number of hydrogen-bond acceptors (Lipinski definition) is 1. The van der Waals surface area contributed by atoms with Crippen molar-refractivity contribution in [2.75, 3.05) is 19.6 Å². The first-order valence-corrected chi connectivity index (χ1v) is 6.58. The summed E-state index contributed by atoms with van der Waals surface area (Å²) in [7, 11) is 0. The normalized spacial score (nSPS) is 9.04. The van der Waals surface area contributed by atoms with E-state index >= 15 is 0 Å². The molecule has 1 aliphatic rings. The van der Waals surface area contributed by atoms with Gasteiger partial charge in [-0.25, -0.2) is 12.2 Å². The van der Waals surface area contributed by atoms with Crippen molar-refractivity contribution in [3.05, 3.63) is 60.9 Å². The minimum Gasteiger partial charge on any atom is -0.358 e. The Morgan fingerprint density at radius 1 is 0.957 bits per heavy atom. The fourth-order valence-electron chi connectivity index (χ4n) is 1.44. The second-order valence-electron chi connectivity index (χ2n) is 4.05. The first-order valence-electron chi connectivity index (χ1n) is 6.58. The second-order valence-corrected chi connectivity index (χ2v) is 4.05. The van der Waals surface area contributed by atoms with Gasteiger partial charge in [-0.1, -0.05) is 26.7 Å². The molecule has 0 spiro atoms. The van der Waals surface area contributed by atoms with E-state index in [1.54, 1.807) is 0 Å². The predicted octanol–water partition coefficient (Wildman–Crippen LogP) is 6.67. The van der Waals surface area contributed by atoms with Gasteiger partial charge in [0.1, 0.15) is 0 Å². The van der Waals surface area contributed by atoms with Gasteiger partial charge in [0.25, 0.3) is 0 Å². The van der Waals surface area contributed by atoms with Crippen LogP contribution >= 0.6 is 24.8 Å². The number of nitrogens with zero attached hydrogens (tertiary/aromatic N) is 1. The molecule has 0 N–H and O–H groups in total. The van der Waals surface area contributed by atoms with Crippen molar-refractivity contribution in [2.45, 2.75) is 46.0 Å². The Hall–Kier alpha value is 0.734. The van der Waals surface area contributed by atoms with Crippen LogP contribution in [0, 0.1) is 42.7 Å². The van der Waals surface area contributed by atoms with Crippen molar-refractivity contribution in [3.8, 4) is 0 Å². The van der Waals surface area contributed by atoms with E-state index < -0.39 is 0 Å². The van der Waals surface area contributed by atoms with Crippen LogP contribution in [0.4, 0.5) is 0 Å². The third-order valence-electron chi connectivity index (χ3n) is 2.56. The van der Waals surface area contributed by atoms with E-state index in [0.29, 0.717) is 0 Å². The number of rotatable bonds is 7. The zero-order valence-electron chi connectivity index (χ0n) is 16.4. The predicted molar refractivity (Wildman–Crippen MR) is 113 cm³/mol. The van der Waals surface area contributed by atoms with E-state index in [4.69, 9.17) is 0 Å². The Kier molecular flexibility index (Phi) is 93.5. The van der Waals surface area contributed by atoms with Crippen LogP contribution in [0.3, 0.4) is 0 Å². The second kappa shape index (κ2) is 43.4. The summed E-state index contributed by atoms with van der Waals surface area (Å²) in [5, 5.41) is 0. The quantitative estimate of drug-likeness (QED) is 0.340. The summed E-state index contributed by atoms with van der Waals surface area (Å²) < 4.78 is 0. The maximum atomic E-state index is 3.92. The summed E-state index contributed by atoms with van der Waals surface area (Å²) in [6.45, 7) is 11.8. The van der Waals surface area contributed by atoms with Crippen molar-refractivity contribution >= 4 is 24.8 Å². The minimum absolute atomic E-state index is 0. The van der Waals surface area contributed by atoms with Crippen LogP contribution in [0.15, 0.2) is 18.2 Å². The zero-order chi connectivity index (χ0) is 12.1. The Morgan fingerprint density at radius 3 is 1.57 bits per heavy atom. The van der Waals surface area contributed by atoms with Crippen LogP contribution < -0.4 is 0 Å². The van der Waals surface area contributed by atoms with E-state index in [0.717, 1.165) is 13.0 Å². The molecule has 0 atom stereocenters. The summed E-state index contributed by atoms with van der Waals surface area (Å²) in [6.07, 6.45) is 15.2. The zero-order valence-corrected chi connectivity index (χ0v) is 19.6. The summed E-state index contributed by atoms with van der Waals surface area (Å²) >= 11 is 0. The van der Waals surface area contributed by atoms with Crippen molar-refractivity contribution < 1.29 is 21.7 Å². The standard InChI is InChI=1S/C10H22N.C5H5.4CH3.2ClH.Ti/c1-4-7-9-11(6-3)10-8-5-2;1-2-4-5-3-1;;;;;;;/h3-10H2,1-2H3;1-3H,4H2;4*1H3;2*1H;/q6*-1;;;. The van der Waals surface area contributed by atoms with Gasteiger partial charge in [0, 0.05) is 21.7 Å². The molecule has 1 rings (SSSR count). The van der Waals surface area contributed by atoms with Gasteiger partial charge in [0.15, 0.2) is 0 Å². The molecule has 0 aliphatic heterocycles. The molecule has 0 aromatic heterocycles. The van der Waals surface area contributed by atoms with Gasteiger partial charge in [-0.05, 0) is 25.9 Å². The van der Waals surface area contributed by atoms with Crippen molar-refractivity contribution in [3.63, 3.8) is 0 Å². The average Bonchev–Trinajstić information content (AvgIpc) is 2.88. The molecule has 1 aliphatic carbocycles. The monoisotopic (exact) mass is 401 g/mol. The topological polar surface area (TPSA) is 3.24 Å². The molecule has 23 heavy (non-hydrogen) atoms. The van der Waals surface area contributed by atoms with Crippen LogP contribution in [0.2, 0.25) is 0 Å². The van der Waals surface area contributed by atoms with Crippen molar-refractivity contribution in [2.24, 2.45) is 0 Å². The van der Waals surface area contributed by atoms with E-state index in [1.165, 1.54) is 38.8 Å². The van der Waals surface area contributed by atoms with Crippen molar-refractivity contribution in [1.82, 2.24) is 4.90 Å². The third-order valence-corrected chi connectivity index (χ3v) is 2.56. The maximum Gasteiger partial charge on any atom is 0 e. The van der Waals surface area contributed by atoms with E-state index in [1.807, 2.05) is 12.2 Å². The van der Waals surface area contributed by atoms with Crippen LogP contribution in [0.5, 0.6) is 0 Å². The van der Waals surface area contributed by atoms with Crippen LogP contribution in [-0.2, 0) is 21.7 Å². The molecule has 146 valence electrons. The van der Waals surface area contributed by atoms with Gasteiger partial charge < -0.3 is 41.5 Å². The minimum atomic E-state index is 0. The van der Waals surface area contributed by atoms with Crippen LogP contribution in [0.25, 0.3) is 0 Å². The average molecular weight is 402 g/mol. The summed E-state index contributed by atoms with van der Waals surface area (Å²) in [6, 6.07) is 0. The smallest absolute Gasteiger partial charge is 0 e. The Labute approximate surface area is 177 Å². The van der Waals surface area contributed by atoms with Crippen LogP contribution in [0.1, 0.15) is 46.0 Å². The van der Waals surface area contributed by atoms with E-state index in [9.17, 15) is 0 Å². The van der Waals surface area contributed by atoms with Gasteiger partial charge in [-0.3, -0.25) is 6.08 Å². The van der Waals surface area contributed by atoms with E-state index in [-0.39, 0.29) is 76.2 Å². The molecule has 0 saturated carbocycles. The summed E-state index contributed by atoms with van der Waals surface area (Å²) in [5.41, 5.74) is 0. The molecule has 0 amide bonds. The van der Waals surface area contributed by atoms with Gasteiger partial charge in [0.05, 0.1) is 0 Å². The molecule has 4 heteroatoms. The maximum absolute atomic E-state index is 3.92.